The molecular formula is C16H17N3O3. The summed E-state index contributed by atoms with van der Waals surface area (Å²) in [5.74, 6) is 0.540. The number of ether oxygens (including phenoxy) is 1. The third-order valence-electron chi connectivity index (χ3n) is 2.78. The standard InChI is InChI=1S/C16H17N3O3/c1-21-14-9-5-8-13(10-14)18-15(20)11-22-19-16(17)12-6-3-2-4-7-12/h2-10H,11H2,1H3,(H2,17,19)(H,18,20). The van der Waals surface area contributed by atoms with E-state index in [1.807, 2.05) is 18.2 Å². The van der Waals surface area contributed by atoms with E-state index in [2.05, 4.69) is 10.5 Å². The first-order chi connectivity index (χ1) is 10.7. The Hall–Kier alpha value is -3.02. The molecule has 0 saturated carbocycles. The van der Waals surface area contributed by atoms with Gasteiger partial charge in [0.05, 0.1) is 7.11 Å². The normalized spacial score (nSPS) is 10.9. The van der Waals surface area contributed by atoms with Crippen molar-refractivity contribution in [3.05, 3.63) is 60.2 Å². The zero-order chi connectivity index (χ0) is 15.8. The van der Waals surface area contributed by atoms with Crippen molar-refractivity contribution in [1.29, 1.82) is 0 Å². The summed E-state index contributed by atoms with van der Waals surface area (Å²) >= 11 is 0. The maximum atomic E-state index is 11.7. The van der Waals surface area contributed by atoms with Crippen LogP contribution in [0.2, 0.25) is 0 Å². The maximum Gasteiger partial charge on any atom is 0.265 e. The molecule has 2 aromatic carbocycles. The predicted octanol–water partition coefficient (Wildman–Crippen LogP) is 1.97. The number of anilines is 1. The van der Waals surface area contributed by atoms with Gasteiger partial charge in [0.25, 0.3) is 5.91 Å². The number of methoxy groups -OCH3 is 1. The van der Waals surface area contributed by atoms with Gasteiger partial charge in [0.1, 0.15) is 5.75 Å². The minimum absolute atomic E-state index is 0.217. The third-order valence-corrected chi connectivity index (χ3v) is 2.78. The number of benzene rings is 2. The van der Waals surface area contributed by atoms with Gasteiger partial charge in [-0.3, -0.25) is 4.79 Å². The fourth-order valence-corrected chi connectivity index (χ4v) is 1.72. The van der Waals surface area contributed by atoms with Gasteiger partial charge in [-0.05, 0) is 12.1 Å². The second-order valence-electron chi connectivity index (χ2n) is 4.40. The van der Waals surface area contributed by atoms with E-state index in [0.29, 0.717) is 11.4 Å². The lowest BCUT2D eigenvalue weighted by Gasteiger charge is -2.06. The summed E-state index contributed by atoms with van der Waals surface area (Å²) < 4.78 is 5.08. The lowest BCUT2D eigenvalue weighted by atomic mass is 10.2. The topological polar surface area (TPSA) is 85.9 Å². The van der Waals surface area contributed by atoms with Crippen molar-refractivity contribution in [3.8, 4) is 5.75 Å². The summed E-state index contributed by atoms with van der Waals surface area (Å²) in [6, 6.07) is 16.2. The highest BCUT2D eigenvalue weighted by Crippen LogP contribution is 2.16. The van der Waals surface area contributed by atoms with Gasteiger partial charge in [0.2, 0.25) is 0 Å². The lowest BCUT2D eigenvalue weighted by Crippen LogP contribution is -2.19. The van der Waals surface area contributed by atoms with Crippen molar-refractivity contribution in [1.82, 2.24) is 0 Å². The summed E-state index contributed by atoms with van der Waals surface area (Å²) in [6.45, 7) is -0.231. The zero-order valence-electron chi connectivity index (χ0n) is 12.2. The van der Waals surface area contributed by atoms with Gasteiger partial charge < -0.3 is 20.6 Å². The van der Waals surface area contributed by atoms with E-state index >= 15 is 0 Å². The van der Waals surface area contributed by atoms with Crippen LogP contribution in [-0.2, 0) is 9.63 Å². The first-order valence-electron chi connectivity index (χ1n) is 6.64. The molecule has 0 aromatic heterocycles. The minimum atomic E-state index is -0.335. The van der Waals surface area contributed by atoms with E-state index in [9.17, 15) is 4.79 Å². The highest BCUT2D eigenvalue weighted by Gasteiger charge is 2.04. The molecule has 0 spiro atoms. The van der Waals surface area contributed by atoms with Crippen LogP contribution in [0.25, 0.3) is 0 Å². The molecule has 0 radical (unpaired) electrons. The van der Waals surface area contributed by atoms with Gasteiger partial charge in [-0.1, -0.05) is 41.6 Å². The molecule has 0 fully saturated rings. The van der Waals surface area contributed by atoms with Crippen LogP contribution in [0.3, 0.4) is 0 Å². The first kappa shape index (κ1) is 15.4. The monoisotopic (exact) mass is 299 g/mol. The number of carbonyl (C=O) groups excluding carboxylic acids is 1. The van der Waals surface area contributed by atoms with Crippen LogP contribution in [0.4, 0.5) is 5.69 Å². The molecule has 2 rings (SSSR count). The number of nitrogens with zero attached hydrogens (tertiary/aromatic N) is 1. The van der Waals surface area contributed by atoms with Crippen molar-refractivity contribution in [2.24, 2.45) is 10.9 Å². The Labute approximate surface area is 128 Å². The highest BCUT2D eigenvalue weighted by atomic mass is 16.6. The molecule has 1 amide bonds. The van der Waals surface area contributed by atoms with Gasteiger partial charge in [0, 0.05) is 17.3 Å². The number of amidine groups is 1. The molecule has 0 atom stereocenters. The Kier molecular flexibility index (Phi) is 5.37. The summed E-state index contributed by atoms with van der Waals surface area (Å²) in [5, 5.41) is 6.39. The van der Waals surface area contributed by atoms with Crippen LogP contribution in [0.1, 0.15) is 5.56 Å². The van der Waals surface area contributed by atoms with Crippen LogP contribution in [0, 0.1) is 0 Å². The van der Waals surface area contributed by atoms with Gasteiger partial charge in [-0.25, -0.2) is 0 Å². The molecule has 0 aliphatic heterocycles. The Morgan fingerprint density at radius 2 is 1.95 bits per heavy atom. The fraction of sp³-hybridized carbons (Fsp3) is 0.125. The molecule has 0 saturated heterocycles. The zero-order valence-corrected chi connectivity index (χ0v) is 12.2. The fourth-order valence-electron chi connectivity index (χ4n) is 1.72. The summed E-state index contributed by atoms with van der Waals surface area (Å²) in [5.41, 5.74) is 7.10. The lowest BCUT2D eigenvalue weighted by molar-refractivity contribution is -0.120. The van der Waals surface area contributed by atoms with E-state index < -0.39 is 0 Å². The van der Waals surface area contributed by atoms with E-state index in [1.54, 1.807) is 43.5 Å². The highest BCUT2D eigenvalue weighted by molar-refractivity contribution is 5.97. The molecule has 114 valence electrons. The molecular weight excluding hydrogens is 282 g/mol. The average Bonchev–Trinajstić information content (AvgIpc) is 2.55. The summed E-state index contributed by atoms with van der Waals surface area (Å²) in [7, 11) is 1.56. The second kappa shape index (κ2) is 7.68. The summed E-state index contributed by atoms with van der Waals surface area (Å²) in [6.07, 6.45) is 0. The van der Waals surface area contributed by atoms with Crippen molar-refractivity contribution in [3.63, 3.8) is 0 Å². The van der Waals surface area contributed by atoms with E-state index in [1.165, 1.54) is 0 Å². The van der Waals surface area contributed by atoms with E-state index in [0.717, 1.165) is 5.56 Å². The number of rotatable bonds is 6. The second-order valence-corrected chi connectivity index (χ2v) is 4.40. The number of carbonyl (C=O) groups is 1. The Bertz CT molecular complexity index is 657. The van der Waals surface area contributed by atoms with Crippen molar-refractivity contribution in [2.75, 3.05) is 19.0 Å². The smallest absolute Gasteiger partial charge is 0.265 e. The van der Waals surface area contributed by atoms with Crippen LogP contribution < -0.4 is 15.8 Å². The van der Waals surface area contributed by atoms with Crippen LogP contribution in [-0.4, -0.2) is 25.5 Å². The molecule has 0 heterocycles. The molecule has 0 unspecified atom stereocenters. The van der Waals surface area contributed by atoms with E-state index in [4.69, 9.17) is 15.3 Å². The Morgan fingerprint density at radius 3 is 2.68 bits per heavy atom. The number of hydrogen-bond donors (Lipinski definition) is 2. The largest absolute Gasteiger partial charge is 0.497 e. The third kappa shape index (κ3) is 4.52. The quantitative estimate of drug-likeness (QED) is 0.485. The molecule has 0 bridgehead atoms. The van der Waals surface area contributed by atoms with Crippen LogP contribution in [0.5, 0.6) is 5.75 Å². The molecule has 6 nitrogen and oxygen atoms in total. The molecule has 2 aromatic rings. The first-order valence-corrected chi connectivity index (χ1v) is 6.64. The Balaban J connectivity index is 1.85. The molecule has 3 N–H and O–H groups in total. The Morgan fingerprint density at radius 1 is 1.18 bits per heavy atom. The number of amides is 1. The van der Waals surface area contributed by atoms with Gasteiger partial charge in [-0.15, -0.1) is 0 Å². The van der Waals surface area contributed by atoms with Gasteiger partial charge in [-0.2, -0.15) is 0 Å². The van der Waals surface area contributed by atoms with Crippen LogP contribution in [0.15, 0.2) is 59.8 Å². The molecule has 6 heteroatoms. The number of nitrogens with two attached hydrogens (primary N) is 1. The molecule has 22 heavy (non-hydrogen) atoms. The van der Waals surface area contributed by atoms with Gasteiger partial charge >= 0.3 is 0 Å². The average molecular weight is 299 g/mol. The number of hydrogen-bond acceptors (Lipinski definition) is 4. The number of oxime groups is 1. The SMILES string of the molecule is COc1cccc(NC(=O)CO/N=C(/N)c2ccccc2)c1. The van der Waals surface area contributed by atoms with Crippen molar-refractivity contribution in [2.45, 2.75) is 0 Å². The van der Waals surface area contributed by atoms with Crippen molar-refractivity contribution >= 4 is 17.4 Å². The maximum absolute atomic E-state index is 11.7. The predicted molar refractivity (Wildman–Crippen MR) is 84.7 cm³/mol. The van der Waals surface area contributed by atoms with Crippen LogP contribution >= 0.6 is 0 Å². The van der Waals surface area contributed by atoms with Gasteiger partial charge in [0.15, 0.2) is 12.4 Å². The molecule has 0 aliphatic rings. The number of nitrogens with one attached hydrogen (secondary N) is 1. The minimum Gasteiger partial charge on any atom is -0.497 e. The summed E-state index contributed by atoms with van der Waals surface area (Å²) in [4.78, 5) is 16.7. The van der Waals surface area contributed by atoms with Crippen molar-refractivity contribution < 1.29 is 14.4 Å². The molecule has 0 aliphatic carbocycles. The van der Waals surface area contributed by atoms with E-state index in [-0.39, 0.29) is 18.3 Å².